The van der Waals surface area contributed by atoms with Gasteiger partial charge < -0.3 is 15.5 Å². The highest BCUT2D eigenvalue weighted by Gasteiger charge is 2.14. The van der Waals surface area contributed by atoms with E-state index >= 15 is 0 Å². The lowest BCUT2D eigenvalue weighted by atomic mass is 10.2. The first-order chi connectivity index (χ1) is 11.7. The highest BCUT2D eigenvalue weighted by molar-refractivity contribution is 14.1. The fourth-order valence-corrected chi connectivity index (χ4v) is 3.30. The van der Waals surface area contributed by atoms with E-state index in [1.807, 2.05) is 30.3 Å². The minimum atomic E-state index is -0.0535. The highest BCUT2D eigenvalue weighted by Crippen LogP contribution is 2.19. The van der Waals surface area contributed by atoms with Crippen LogP contribution in [0.25, 0.3) is 0 Å². The molecule has 1 aromatic carbocycles. The number of hydrogen-bond acceptors (Lipinski definition) is 5. The van der Waals surface area contributed by atoms with Gasteiger partial charge in [0.1, 0.15) is 18.0 Å². The molecule has 0 aliphatic carbocycles. The summed E-state index contributed by atoms with van der Waals surface area (Å²) in [5, 5.41) is 6.16. The minimum Gasteiger partial charge on any atom is -0.368 e. The summed E-state index contributed by atoms with van der Waals surface area (Å²) < 4.78 is 0.951. The molecule has 126 valence electrons. The molecule has 1 amide bonds. The molecule has 1 saturated heterocycles. The largest absolute Gasteiger partial charge is 0.368 e. The molecule has 1 aliphatic rings. The zero-order valence-electron chi connectivity index (χ0n) is 13.3. The van der Waals surface area contributed by atoms with Gasteiger partial charge in [-0.1, -0.05) is 12.1 Å². The van der Waals surface area contributed by atoms with Gasteiger partial charge in [0.15, 0.2) is 0 Å². The maximum atomic E-state index is 12.1. The smallest absolute Gasteiger partial charge is 0.252 e. The fourth-order valence-electron chi connectivity index (χ4n) is 2.67. The first kappa shape index (κ1) is 16.9. The Balaban J connectivity index is 1.47. The van der Waals surface area contributed by atoms with Crippen molar-refractivity contribution in [2.45, 2.75) is 12.8 Å². The predicted octanol–water partition coefficient (Wildman–Crippen LogP) is 2.52. The van der Waals surface area contributed by atoms with E-state index in [4.69, 9.17) is 0 Å². The molecule has 1 aromatic heterocycles. The number of nitrogens with one attached hydrogen (secondary N) is 2. The first-order valence-electron chi connectivity index (χ1n) is 8.07. The second kappa shape index (κ2) is 8.27. The number of carbonyl (C=O) groups excluding carboxylic acids is 1. The van der Waals surface area contributed by atoms with Gasteiger partial charge in [0.25, 0.3) is 5.91 Å². The van der Waals surface area contributed by atoms with Gasteiger partial charge in [-0.3, -0.25) is 4.79 Å². The van der Waals surface area contributed by atoms with E-state index in [1.54, 1.807) is 6.33 Å². The van der Waals surface area contributed by atoms with Crippen LogP contribution >= 0.6 is 22.6 Å². The van der Waals surface area contributed by atoms with Crippen LogP contribution < -0.4 is 15.5 Å². The quantitative estimate of drug-likeness (QED) is 0.537. The van der Waals surface area contributed by atoms with Gasteiger partial charge >= 0.3 is 0 Å². The monoisotopic (exact) mass is 437 g/mol. The number of nitrogens with zero attached hydrogens (tertiary/aromatic N) is 3. The number of anilines is 2. The Labute approximate surface area is 155 Å². The summed E-state index contributed by atoms with van der Waals surface area (Å²) in [4.78, 5) is 23.0. The maximum Gasteiger partial charge on any atom is 0.252 e. The van der Waals surface area contributed by atoms with Crippen LogP contribution in [-0.2, 0) is 0 Å². The summed E-state index contributed by atoms with van der Waals surface area (Å²) in [6, 6.07) is 9.52. The van der Waals surface area contributed by atoms with Crippen LogP contribution in [0.3, 0.4) is 0 Å². The second-order valence-corrected chi connectivity index (χ2v) is 6.78. The number of aromatic nitrogens is 2. The molecule has 2 N–H and O–H groups in total. The van der Waals surface area contributed by atoms with Crippen LogP contribution in [0, 0.1) is 3.57 Å². The molecular formula is C17H20IN5O. The number of amides is 1. The summed E-state index contributed by atoms with van der Waals surface area (Å²) >= 11 is 2.17. The van der Waals surface area contributed by atoms with Crippen LogP contribution in [0.4, 0.5) is 11.6 Å². The molecule has 0 atom stereocenters. The van der Waals surface area contributed by atoms with Crippen molar-refractivity contribution in [3.63, 3.8) is 0 Å². The molecule has 0 saturated carbocycles. The third-order valence-electron chi connectivity index (χ3n) is 3.92. The number of hydrogen-bond donors (Lipinski definition) is 2. The van der Waals surface area contributed by atoms with Crippen molar-refractivity contribution in [2.75, 3.05) is 36.4 Å². The summed E-state index contributed by atoms with van der Waals surface area (Å²) in [7, 11) is 0. The lowest BCUT2D eigenvalue weighted by Crippen LogP contribution is -2.29. The molecule has 1 fully saturated rings. The van der Waals surface area contributed by atoms with E-state index in [0.717, 1.165) is 28.3 Å². The summed E-state index contributed by atoms with van der Waals surface area (Å²) in [5.41, 5.74) is 0.705. The lowest BCUT2D eigenvalue weighted by Gasteiger charge is -2.16. The molecule has 0 spiro atoms. The number of rotatable bonds is 6. The van der Waals surface area contributed by atoms with E-state index in [1.165, 1.54) is 12.8 Å². The SMILES string of the molecule is O=C(NCCNc1cc(N2CCCC2)ncn1)c1ccccc1I. The highest BCUT2D eigenvalue weighted by atomic mass is 127. The van der Waals surface area contributed by atoms with Crippen LogP contribution in [0.1, 0.15) is 23.2 Å². The molecular weight excluding hydrogens is 417 g/mol. The van der Waals surface area contributed by atoms with Gasteiger partial charge in [-0.25, -0.2) is 9.97 Å². The van der Waals surface area contributed by atoms with E-state index in [0.29, 0.717) is 18.7 Å². The van der Waals surface area contributed by atoms with Crippen LogP contribution in [-0.4, -0.2) is 42.1 Å². The van der Waals surface area contributed by atoms with Gasteiger partial charge in [-0.05, 0) is 47.6 Å². The van der Waals surface area contributed by atoms with E-state index in [2.05, 4.69) is 48.1 Å². The second-order valence-electron chi connectivity index (χ2n) is 5.62. The van der Waals surface area contributed by atoms with Crippen LogP contribution in [0.2, 0.25) is 0 Å². The first-order valence-corrected chi connectivity index (χ1v) is 9.15. The van der Waals surface area contributed by atoms with E-state index in [9.17, 15) is 4.79 Å². The van der Waals surface area contributed by atoms with Gasteiger partial charge in [0, 0.05) is 35.8 Å². The zero-order valence-corrected chi connectivity index (χ0v) is 15.5. The Morgan fingerprint density at radius 3 is 2.75 bits per heavy atom. The number of carbonyl (C=O) groups is 1. The Bertz CT molecular complexity index is 703. The average Bonchev–Trinajstić information content (AvgIpc) is 3.14. The van der Waals surface area contributed by atoms with E-state index in [-0.39, 0.29) is 5.91 Å². The standard InChI is InChI=1S/C17H20IN5O/c18-14-6-2-1-5-13(14)17(24)20-8-7-19-15-11-16(22-12-21-15)23-9-3-4-10-23/h1-2,5-6,11-12H,3-4,7-10H2,(H,20,24)(H,19,21,22). The van der Waals surface area contributed by atoms with Crippen molar-refractivity contribution in [3.8, 4) is 0 Å². The number of halogens is 1. The molecule has 0 radical (unpaired) electrons. The molecule has 1 aliphatic heterocycles. The minimum absolute atomic E-state index is 0.0535. The predicted molar refractivity (Wildman–Crippen MR) is 103 cm³/mol. The van der Waals surface area contributed by atoms with Crippen molar-refractivity contribution >= 4 is 40.1 Å². The number of benzene rings is 1. The Morgan fingerprint density at radius 2 is 1.96 bits per heavy atom. The molecule has 6 nitrogen and oxygen atoms in total. The lowest BCUT2D eigenvalue weighted by molar-refractivity contribution is 0.0954. The van der Waals surface area contributed by atoms with Crippen LogP contribution in [0.15, 0.2) is 36.7 Å². The normalized spacial score (nSPS) is 13.8. The fraction of sp³-hybridized carbons (Fsp3) is 0.353. The molecule has 0 unspecified atom stereocenters. The van der Waals surface area contributed by atoms with Crippen molar-refractivity contribution < 1.29 is 4.79 Å². The van der Waals surface area contributed by atoms with Gasteiger partial charge in [0.2, 0.25) is 0 Å². The molecule has 24 heavy (non-hydrogen) atoms. The Hall–Kier alpha value is -1.90. The van der Waals surface area contributed by atoms with Crippen LogP contribution in [0.5, 0.6) is 0 Å². The Kier molecular flexibility index (Phi) is 5.84. The van der Waals surface area contributed by atoms with Gasteiger partial charge in [0.05, 0.1) is 5.56 Å². The molecule has 3 rings (SSSR count). The summed E-state index contributed by atoms with van der Waals surface area (Å²) in [6.45, 7) is 3.27. The third-order valence-corrected chi connectivity index (χ3v) is 4.86. The van der Waals surface area contributed by atoms with Crippen molar-refractivity contribution in [3.05, 3.63) is 45.8 Å². The summed E-state index contributed by atoms with van der Waals surface area (Å²) in [5.74, 6) is 1.70. The van der Waals surface area contributed by atoms with Crippen molar-refractivity contribution in [1.82, 2.24) is 15.3 Å². The molecule has 2 heterocycles. The third kappa shape index (κ3) is 4.34. The Morgan fingerprint density at radius 1 is 1.17 bits per heavy atom. The van der Waals surface area contributed by atoms with Gasteiger partial charge in [-0.2, -0.15) is 0 Å². The molecule has 7 heteroatoms. The molecule has 0 bridgehead atoms. The topological polar surface area (TPSA) is 70.2 Å². The van der Waals surface area contributed by atoms with E-state index < -0.39 is 0 Å². The summed E-state index contributed by atoms with van der Waals surface area (Å²) in [6.07, 6.45) is 4.02. The molecule has 2 aromatic rings. The average molecular weight is 437 g/mol. The zero-order chi connectivity index (χ0) is 16.8. The van der Waals surface area contributed by atoms with Crippen molar-refractivity contribution in [2.24, 2.45) is 0 Å². The van der Waals surface area contributed by atoms with Crippen molar-refractivity contribution in [1.29, 1.82) is 0 Å². The maximum absolute atomic E-state index is 12.1. The van der Waals surface area contributed by atoms with Gasteiger partial charge in [-0.15, -0.1) is 0 Å².